The van der Waals surface area contributed by atoms with Crippen LogP contribution in [0.2, 0.25) is 0 Å². The van der Waals surface area contributed by atoms with Gasteiger partial charge in [0.25, 0.3) is 0 Å². The van der Waals surface area contributed by atoms with E-state index in [4.69, 9.17) is 9.47 Å². The minimum atomic E-state index is -0.257. The number of ether oxygens (including phenoxy) is 2. The monoisotopic (exact) mass is 297 g/mol. The molecule has 0 saturated carbocycles. The molecule has 1 aromatic carbocycles. The summed E-state index contributed by atoms with van der Waals surface area (Å²) in [5.74, 6) is 1.19. The van der Waals surface area contributed by atoms with Crippen molar-refractivity contribution in [2.45, 2.75) is 12.8 Å². The number of guanidine groups is 1. The van der Waals surface area contributed by atoms with Gasteiger partial charge in [-0.2, -0.15) is 0 Å². The Labute approximate surface area is 125 Å². The van der Waals surface area contributed by atoms with Crippen LogP contribution < -0.4 is 15.4 Å². The van der Waals surface area contributed by atoms with Crippen molar-refractivity contribution in [3.8, 4) is 5.75 Å². The van der Waals surface area contributed by atoms with Gasteiger partial charge in [-0.3, -0.25) is 4.99 Å². The quantitative estimate of drug-likeness (QED) is 0.414. The van der Waals surface area contributed by atoms with E-state index in [1.165, 1.54) is 12.1 Å². The molecular formula is C15H24FN3O2. The second-order valence-corrected chi connectivity index (χ2v) is 4.43. The first-order chi connectivity index (χ1) is 10.3. The van der Waals surface area contributed by atoms with Gasteiger partial charge in [-0.15, -0.1) is 0 Å². The molecule has 21 heavy (non-hydrogen) atoms. The standard InChI is InChI=1S/C15H24FN3O2/c1-17-15(18-9-3-11-20-2)19-10-4-12-21-14-7-5-13(16)6-8-14/h5-8H,3-4,9-12H2,1-2H3,(H2,17,18,19). The molecule has 0 aliphatic rings. The second kappa shape index (κ2) is 10.9. The van der Waals surface area contributed by atoms with Crippen LogP contribution >= 0.6 is 0 Å². The van der Waals surface area contributed by atoms with Crippen LogP contribution in [0.4, 0.5) is 4.39 Å². The maximum atomic E-state index is 12.7. The molecule has 0 aliphatic heterocycles. The zero-order chi connectivity index (χ0) is 15.3. The van der Waals surface area contributed by atoms with Gasteiger partial charge in [0.1, 0.15) is 11.6 Å². The average Bonchev–Trinajstić information content (AvgIpc) is 2.51. The minimum Gasteiger partial charge on any atom is -0.494 e. The molecule has 0 heterocycles. The van der Waals surface area contributed by atoms with Crippen LogP contribution in [0.5, 0.6) is 5.75 Å². The Balaban J connectivity index is 2.07. The van der Waals surface area contributed by atoms with Gasteiger partial charge in [-0.1, -0.05) is 0 Å². The number of methoxy groups -OCH3 is 1. The third kappa shape index (κ3) is 8.14. The summed E-state index contributed by atoms with van der Waals surface area (Å²) in [4.78, 5) is 4.12. The topological polar surface area (TPSA) is 54.9 Å². The Morgan fingerprint density at radius 1 is 1.10 bits per heavy atom. The Hall–Kier alpha value is -1.82. The Kier molecular flexibility index (Phi) is 8.95. The molecule has 0 radical (unpaired) electrons. The van der Waals surface area contributed by atoms with Crippen molar-refractivity contribution in [2.75, 3.05) is 40.5 Å². The number of halogens is 1. The number of aliphatic imine (C=N–C) groups is 1. The van der Waals surface area contributed by atoms with Crippen LogP contribution in [-0.4, -0.2) is 46.4 Å². The van der Waals surface area contributed by atoms with Crippen molar-refractivity contribution in [1.82, 2.24) is 10.6 Å². The summed E-state index contributed by atoms with van der Waals surface area (Å²) in [6, 6.07) is 6.02. The van der Waals surface area contributed by atoms with Gasteiger partial charge < -0.3 is 20.1 Å². The SMILES string of the molecule is CN=C(NCCCOC)NCCCOc1ccc(F)cc1. The van der Waals surface area contributed by atoms with E-state index in [-0.39, 0.29) is 5.82 Å². The molecule has 0 saturated heterocycles. The van der Waals surface area contributed by atoms with E-state index in [0.29, 0.717) is 12.4 Å². The molecule has 0 amide bonds. The van der Waals surface area contributed by atoms with E-state index in [2.05, 4.69) is 15.6 Å². The second-order valence-electron chi connectivity index (χ2n) is 4.43. The highest BCUT2D eigenvalue weighted by Gasteiger charge is 1.97. The lowest BCUT2D eigenvalue weighted by Gasteiger charge is -2.12. The summed E-state index contributed by atoms with van der Waals surface area (Å²) in [5.41, 5.74) is 0. The van der Waals surface area contributed by atoms with Gasteiger partial charge in [0.05, 0.1) is 6.61 Å². The molecule has 0 aliphatic carbocycles. The van der Waals surface area contributed by atoms with Gasteiger partial charge >= 0.3 is 0 Å². The molecule has 2 N–H and O–H groups in total. The molecule has 0 atom stereocenters. The molecule has 1 rings (SSSR count). The smallest absolute Gasteiger partial charge is 0.190 e. The molecular weight excluding hydrogens is 273 g/mol. The maximum absolute atomic E-state index is 12.7. The van der Waals surface area contributed by atoms with Gasteiger partial charge in [0.2, 0.25) is 0 Å². The number of hydrogen-bond donors (Lipinski definition) is 2. The Morgan fingerprint density at radius 2 is 1.71 bits per heavy atom. The van der Waals surface area contributed by atoms with Crippen molar-refractivity contribution in [1.29, 1.82) is 0 Å². The summed E-state index contributed by atoms with van der Waals surface area (Å²) in [5, 5.41) is 6.40. The van der Waals surface area contributed by atoms with Crippen molar-refractivity contribution in [3.63, 3.8) is 0 Å². The fourth-order valence-corrected chi connectivity index (χ4v) is 1.64. The van der Waals surface area contributed by atoms with Gasteiger partial charge in [0, 0.05) is 33.9 Å². The van der Waals surface area contributed by atoms with Crippen molar-refractivity contribution >= 4 is 5.96 Å². The predicted molar refractivity (Wildman–Crippen MR) is 82.4 cm³/mol. The number of benzene rings is 1. The third-order valence-corrected chi connectivity index (χ3v) is 2.74. The van der Waals surface area contributed by atoms with Gasteiger partial charge in [-0.05, 0) is 37.1 Å². The maximum Gasteiger partial charge on any atom is 0.190 e. The van der Waals surface area contributed by atoms with Crippen LogP contribution in [0.15, 0.2) is 29.3 Å². The van der Waals surface area contributed by atoms with E-state index >= 15 is 0 Å². The Morgan fingerprint density at radius 3 is 2.29 bits per heavy atom. The highest BCUT2D eigenvalue weighted by molar-refractivity contribution is 5.79. The summed E-state index contributed by atoms with van der Waals surface area (Å²) in [6.45, 7) is 2.87. The van der Waals surface area contributed by atoms with E-state index in [1.54, 1.807) is 26.3 Å². The molecule has 0 spiro atoms. The lowest BCUT2D eigenvalue weighted by atomic mass is 10.3. The third-order valence-electron chi connectivity index (χ3n) is 2.74. The van der Waals surface area contributed by atoms with E-state index in [0.717, 1.165) is 38.5 Å². The zero-order valence-corrected chi connectivity index (χ0v) is 12.7. The number of nitrogens with one attached hydrogen (secondary N) is 2. The molecule has 118 valence electrons. The summed E-state index contributed by atoms with van der Waals surface area (Å²) >= 11 is 0. The lowest BCUT2D eigenvalue weighted by Crippen LogP contribution is -2.38. The highest BCUT2D eigenvalue weighted by atomic mass is 19.1. The zero-order valence-electron chi connectivity index (χ0n) is 12.7. The molecule has 0 aromatic heterocycles. The average molecular weight is 297 g/mol. The fraction of sp³-hybridized carbons (Fsp3) is 0.533. The van der Waals surface area contributed by atoms with Crippen molar-refractivity contribution in [3.05, 3.63) is 30.1 Å². The number of rotatable bonds is 9. The molecule has 5 nitrogen and oxygen atoms in total. The first-order valence-corrected chi connectivity index (χ1v) is 7.08. The van der Waals surface area contributed by atoms with E-state index in [1.807, 2.05) is 0 Å². The molecule has 0 bridgehead atoms. The van der Waals surface area contributed by atoms with Gasteiger partial charge in [-0.25, -0.2) is 4.39 Å². The van der Waals surface area contributed by atoms with Crippen LogP contribution in [-0.2, 0) is 4.74 Å². The number of nitrogens with zero attached hydrogens (tertiary/aromatic N) is 1. The lowest BCUT2D eigenvalue weighted by molar-refractivity contribution is 0.195. The summed E-state index contributed by atoms with van der Waals surface area (Å²) in [7, 11) is 3.43. The van der Waals surface area contributed by atoms with Crippen LogP contribution in [0, 0.1) is 5.82 Å². The first-order valence-electron chi connectivity index (χ1n) is 7.08. The van der Waals surface area contributed by atoms with Crippen molar-refractivity contribution < 1.29 is 13.9 Å². The molecule has 0 fully saturated rings. The van der Waals surface area contributed by atoms with Crippen LogP contribution in [0.1, 0.15) is 12.8 Å². The first kappa shape index (κ1) is 17.2. The minimum absolute atomic E-state index is 0.257. The number of hydrogen-bond acceptors (Lipinski definition) is 3. The largest absolute Gasteiger partial charge is 0.494 e. The summed E-state index contributed by atoms with van der Waals surface area (Å²) < 4.78 is 23.2. The van der Waals surface area contributed by atoms with Crippen molar-refractivity contribution in [2.24, 2.45) is 4.99 Å². The van der Waals surface area contributed by atoms with E-state index < -0.39 is 0 Å². The fourth-order valence-electron chi connectivity index (χ4n) is 1.64. The molecule has 0 unspecified atom stereocenters. The normalized spacial score (nSPS) is 11.3. The summed E-state index contributed by atoms with van der Waals surface area (Å²) in [6.07, 6.45) is 1.76. The molecule has 6 heteroatoms. The van der Waals surface area contributed by atoms with Gasteiger partial charge in [0.15, 0.2) is 5.96 Å². The highest BCUT2D eigenvalue weighted by Crippen LogP contribution is 2.10. The van der Waals surface area contributed by atoms with Crippen LogP contribution in [0.25, 0.3) is 0 Å². The Bertz CT molecular complexity index is 410. The molecule has 1 aromatic rings. The van der Waals surface area contributed by atoms with Crippen LogP contribution in [0.3, 0.4) is 0 Å². The predicted octanol–water partition coefficient (Wildman–Crippen LogP) is 1.80. The van der Waals surface area contributed by atoms with E-state index in [9.17, 15) is 4.39 Å².